The maximum absolute atomic E-state index is 12.5. The number of carbonyl (C=O) groups excluding carboxylic acids is 1. The average Bonchev–Trinajstić information content (AvgIpc) is 3.12. The Morgan fingerprint density at radius 3 is 2.25 bits per heavy atom. The van der Waals surface area contributed by atoms with Gasteiger partial charge in [0.05, 0.1) is 15.6 Å². The molecule has 1 aliphatic heterocycles. The number of sulfonamides is 1. The van der Waals surface area contributed by atoms with E-state index in [1.54, 1.807) is 24.3 Å². The summed E-state index contributed by atoms with van der Waals surface area (Å²) < 4.78 is 26.4. The molecule has 5 nitrogen and oxygen atoms in total. The van der Waals surface area contributed by atoms with E-state index in [4.69, 9.17) is 11.6 Å². The van der Waals surface area contributed by atoms with Gasteiger partial charge in [0.2, 0.25) is 10.0 Å². The van der Waals surface area contributed by atoms with Crippen LogP contribution in [0.25, 0.3) is 0 Å². The smallest absolute Gasteiger partial charge is 0.255 e. The Kier molecular flexibility index (Phi) is 4.89. The van der Waals surface area contributed by atoms with Crippen LogP contribution >= 0.6 is 11.6 Å². The summed E-state index contributed by atoms with van der Waals surface area (Å²) in [5.41, 5.74) is 0.883. The Morgan fingerprint density at radius 1 is 1.00 bits per heavy atom. The molecule has 1 saturated heterocycles. The summed E-state index contributed by atoms with van der Waals surface area (Å²) in [6, 6.07) is 12.9. The minimum atomic E-state index is -3.47. The van der Waals surface area contributed by atoms with Crippen LogP contribution in [0.2, 0.25) is 5.02 Å². The molecule has 0 atom stereocenters. The van der Waals surface area contributed by atoms with Gasteiger partial charge < -0.3 is 5.32 Å². The lowest BCUT2D eigenvalue weighted by atomic mass is 10.2. The van der Waals surface area contributed by atoms with Crippen molar-refractivity contribution in [1.82, 2.24) is 4.31 Å². The molecular weight excluding hydrogens is 348 g/mol. The standard InChI is InChI=1S/C17H17ClN2O3S/c18-15-5-1-2-6-16(15)19-17(21)13-7-9-14(10-8-13)24(22,23)20-11-3-4-12-20/h1-2,5-10H,3-4,11-12H2,(H,19,21). The number of hydrogen-bond donors (Lipinski definition) is 1. The summed E-state index contributed by atoms with van der Waals surface area (Å²) in [6.07, 6.45) is 1.77. The van der Waals surface area contributed by atoms with Crippen LogP contribution < -0.4 is 5.32 Å². The van der Waals surface area contributed by atoms with E-state index in [1.165, 1.54) is 28.6 Å². The number of halogens is 1. The number of hydrogen-bond acceptors (Lipinski definition) is 3. The first-order valence-corrected chi connectivity index (χ1v) is 9.46. The third kappa shape index (κ3) is 3.45. The first kappa shape index (κ1) is 17.0. The monoisotopic (exact) mass is 364 g/mol. The maximum Gasteiger partial charge on any atom is 0.255 e. The first-order chi connectivity index (χ1) is 11.5. The summed E-state index contributed by atoms with van der Waals surface area (Å²) in [4.78, 5) is 12.5. The number of nitrogens with zero attached hydrogens (tertiary/aromatic N) is 1. The molecule has 1 amide bonds. The molecule has 7 heteroatoms. The van der Waals surface area contributed by atoms with Crippen LogP contribution in [0.5, 0.6) is 0 Å². The van der Waals surface area contributed by atoms with Crippen molar-refractivity contribution in [3.05, 3.63) is 59.1 Å². The van der Waals surface area contributed by atoms with Crippen molar-refractivity contribution in [3.63, 3.8) is 0 Å². The average molecular weight is 365 g/mol. The van der Waals surface area contributed by atoms with Crippen LogP contribution in [0.1, 0.15) is 23.2 Å². The lowest BCUT2D eigenvalue weighted by Crippen LogP contribution is -2.27. The van der Waals surface area contributed by atoms with Gasteiger partial charge in [0.15, 0.2) is 0 Å². The molecular formula is C17H17ClN2O3S. The van der Waals surface area contributed by atoms with Gasteiger partial charge >= 0.3 is 0 Å². The zero-order valence-electron chi connectivity index (χ0n) is 12.9. The summed E-state index contributed by atoms with van der Waals surface area (Å²) in [5, 5.41) is 3.15. The molecule has 0 aromatic heterocycles. The van der Waals surface area contributed by atoms with Gasteiger partial charge in [-0.25, -0.2) is 8.42 Å². The van der Waals surface area contributed by atoms with Crippen LogP contribution in [0.4, 0.5) is 5.69 Å². The van der Waals surface area contributed by atoms with Crippen molar-refractivity contribution in [2.75, 3.05) is 18.4 Å². The molecule has 0 unspecified atom stereocenters. The molecule has 126 valence electrons. The van der Waals surface area contributed by atoms with E-state index in [2.05, 4.69) is 5.32 Å². The maximum atomic E-state index is 12.5. The van der Waals surface area contributed by atoms with Gasteiger partial charge in [-0.15, -0.1) is 0 Å². The molecule has 1 aliphatic rings. The number of amides is 1. The fraction of sp³-hybridized carbons (Fsp3) is 0.235. The number of nitrogens with one attached hydrogen (secondary N) is 1. The van der Waals surface area contributed by atoms with E-state index in [0.717, 1.165) is 12.8 Å². The molecule has 0 radical (unpaired) electrons. The Labute approximate surface area is 146 Å². The highest BCUT2D eigenvalue weighted by Crippen LogP contribution is 2.23. The van der Waals surface area contributed by atoms with Crippen molar-refractivity contribution < 1.29 is 13.2 Å². The summed E-state index contributed by atoms with van der Waals surface area (Å²) in [6.45, 7) is 1.11. The van der Waals surface area contributed by atoms with Gasteiger partial charge in [0.1, 0.15) is 0 Å². The molecule has 24 heavy (non-hydrogen) atoms. The van der Waals surface area contributed by atoms with Crippen LogP contribution in [-0.4, -0.2) is 31.7 Å². The number of anilines is 1. The van der Waals surface area contributed by atoms with Gasteiger partial charge in [0.25, 0.3) is 5.91 Å². The van der Waals surface area contributed by atoms with E-state index < -0.39 is 10.0 Å². The molecule has 0 aliphatic carbocycles. The van der Waals surface area contributed by atoms with E-state index in [-0.39, 0.29) is 10.8 Å². The Balaban J connectivity index is 1.77. The Bertz CT molecular complexity index is 844. The minimum Gasteiger partial charge on any atom is -0.321 e. The zero-order valence-corrected chi connectivity index (χ0v) is 14.5. The van der Waals surface area contributed by atoms with Crippen molar-refractivity contribution in [2.45, 2.75) is 17.7 Å². The number of para-hydroxylation sites is 1. The predicted octanol–water partition coefficient (Wildman–Crippen LogP) is 3.38. The summed E-state index contributed by atoms with van der Waals surface area (Å²) >= 11 is 6.01. The SMILES string of the molecule is O=C(Nc1ccccc1Cl)c1ccc(S(=O)(=O)N2CCCC2)cc1. The summed E-state index contributed by atoms with van der Waals surface area (Å²) in [5.74, 6) is -0.340. The predicted molar refractivity (Wildman–Crippen MR) is 93.8 cm³/mol. The van der Waals surface area contributed by atoms with Crippen molar-refractivity contribution >= 4 is 33.2 Å². The van der Waals surface area contributed by atoms with Gasteiger partial charge in [-0.05, 0) is 49.2 Å². The fourth-order valence-electron chi connectivity index (χ4n) is 2.61. The normalized spacial score (nSPS) is 15.4. The lowest BCUT2D eigenvalue weighted by Gasteiger charge is -2.15. The number of benzene rings is 2. The third-order valence-electron chi connectivity index (χ3n) is 3.94. The second-order valence-electron chi connectivity index (χ2n) is 5.57. The lowest BCUT2D eigenvalue weighted by molar-refractivity contribution is 0.102. The van der Waals surface area contributed by atoms with Crippen LogP contribution in [-0.2, 0) is 10.0 Å². The second kappa shape index (κ2) is 6.93. The van der Waals surface area contributed by atoms with E-state index in [0.29, 0.717) is 29.4 Å². The largest absolute Gasteiger partial charge is 0.321 e. The molecule has 2 aromatic carbocycles. The zero-order chi connectivity index (χ0) is 17.2. The van der Waals surface area contributed by atoms with Crippen molar-refractivity contribution in [2.24, 2.45) is 0 Å². The topological polar surface area (TPSA) is 66.5 Å². The fourth-order valence-corrected chi connectivity index (χ4v) is 4.31. The molecule has 0 spiro atoms. The van der Waals surface area contributed by atoms with Gasteiger partial charge in [-0.3, -0.25) is 4.79 Å². The molecule has 3 rings (SSSR count). The summed E-state index contributed by atoms with van der Waals surface area (Å²) in [7, 11) is -3.47. The molecule has 2 aromatic rings. The van der Waals surface area contributed by atoms with Gasteiger partial charge in [0, 0.05) is 18.7 Å². The highest BCUT2D eigenvalue weighted by Gasteiger charge is 2.27. The number of carbonyl (C=O) groups is 1. The highest BCUT2D eigenvalue weighted by atomic mass is 35.5. The molecule has 1 fully saturated rings. The highest BCUT2D eigenvalue weighted by molar-refractivity contribution is 7.89. The first-order valence-electron chi connectivity index (χ1n) is 7.64. The van der Waals surface area contributed by atoms with E-state index >= 15 is 0 Å². The number of rotatable bonds is 4. The van der Waals surface area contributed by atoms with Crippen LogP contribution in [0.3, 0.4) is 0 Å². The van der Waals surface area contributed by atoms with Gasteiger partial charge in [-0.2, -0.15) is 4.31 Å². The molecule has 0 bridgehead atoms. The van der Waals surface area contributed by atoms with Crippen LogP contribution in [0, 0.1) is 0 Å². The minimum absolute atomic E-state index is 0.207. The van der Waals surface area contributed by atoms with Crippen molar-refractivity contribution in [1.29, 1.82) is 0 Å². The molecule has 1 heterocycles. The third-order valence-corrected chi connectivity index (χ3v) is 6.18. The van der Waals surface area contributed by atoms with Crippen LogP contribution in [0.15, 0.2) is 53.4 Å². The molecule has 1 N–H and O–H groups in total. The Hall–Kier alpha value is -1.89. The van der Waals surface area contributed by atoms with E-state index in [1.807, 2.05) is 0 Å². The van der Waals surface area contributed by atoms with E-state index in [9.17, 15) is 13.2 Å². The van der Waals surface area contributed by atoms with Crippen molar-refractivity contribution in [3.8, 4) is 0 Å². The van der Waals surface area contributed by atoms with Gasteiger partial charge in [-0.1, -0.05) is 23.7 Å². The second-order valence-corrected chi connectivity index (χ2v) is 7.91. The quantitative estimate of drug-likeness (QED) is 0.904. The molecule has 0 saturated carbocycles. The Morgan fingerprint density at radius 2 is 1.62 bits per heavy atom.